The molecule has 1 N–H and O–H groups in total. The predicted octanol–water partition coefficient (Wildman–Crippen LogP) is 3.66. The second-order valence-corrected chi connectivity index (χ2v) is 6.56. The smallest absolute Gasteiger partial charge is 0.161 e. The molecule has 3 nitrogen and oxygen atoms in total. The van der Waals surface area contributed by atoms with Crippen LogP contribution < -0.4 is 14.8 Å². The van der Waals surface area contributed by atoms with Crippen LogP contribution in [-0.4, -0.2) is 26.3 Å². The molecular formula is C18H29NO2. The van der Waals surface area contributed by atoms with Crippen molar-refractivity contribution in [3.8, 4) is 11.5 Å². The van der Waals surface area contributed by atoms with Gasteiger partial charge in [0.25, 0.3) is 0 Å². The fraction of sp³-hybridized carbons (Fsp3) is 0.667. The minimum Gasteiger partial charge on any atom is -0.489 e. The molecule has 0 saturated heterocycles. The van der Waals surface area contributed by atoms with Gasteiger partial charge in [0.2, 0.25) is 0 Å². The zero-order valence-corrected chi connectivity index (χ0v) is 13.7. The van der Waals surface area contributed by atoms with Crippen molar-refractivity contribution >= 4 is 0 Å². The molecule has 0 spiro atoms. The molecule has 118 valence electrons. The summed E-state index contributed by atoms with van der Waals surface area (Å²) in [6, 6.07) is 6.37. The van der Waals surface area contributed by atoms with E-state index in [1.165, 1.54) is 18.4 Å². The summed E-state index contributed by atoms with van der Waals surface area (Å²) in [6.45, 7) is 10.3. The van der Waals surface area contributed by atoms with Crippen LogP contribution >= 0.6 is 0 Å². The van der Waals surface area contributed by atoms with E-state index in [1.807, 2.05) is 0 Å². The maximum atomic E-state index is 5.84. The van der Waals surface area contributed by atoms with E-state index in [-0.39, 0.29) is 0 Å². The van der Waals surface area contributed by atoms with Gasteiger partial charge in [-0.2, -0.15) is 0 Å². The monoisotopic (exact) mass is 291 g/mol. The first-order valence-corrected chi connectivity index (χ1v) is 8.24. The molecule has 1 aromatic rings. The molecule has 1 aliphatic rings. The van der Waals surface area contributed by atoms with Crippen LogP contribution in [0.1, 0.15) is 39.2 Å². The number of hydrogen-bond acceptors (Lipinski definition) is 3. The van der Waals surface area contributed by atoms with E-state index in [0.29, 0.717) is 5.92 Å². The fourth-order valence-electron chi connectivity index (χ4n) is 2.42. The number of hydrogen-bond donors (Lipinski definition) is 1. The van der Waals surface area contributed by atoms with Gasteiger partial charge in [0, 0.05) is 5.92 Å². The van der Waals surface area contributed by atoms with Crippen LogP contribution in [0.15, 0.2) is 18.2 Å². The minimum atomic E-state index is 0.452. The largest absolute Gasteiger partial charge is 0.489 e. The summed E-state index contributed by atoms with van der Waals surface area (Å²) >= 11 is 0. The third kappa shape index (κ3) is 5.58. The summed E-state index contributed by atoms with van der Waals surface area (Å²) in [5, 5.41) is 3.49. The summed E-state index contributed by atoms with van der Waals surface area (Å²) in [7, 11) is 0. The van der Waals surface area contributed by atoms with E-state index in [4.69, 9.17) is 9.47 Å². The lowest BCUT2D eigenvalue weighted by atomic mass is 10.1. The van der Waals surface area contributed by atoms with Crippen molar-refractivity contribution in [2.24, 2.45) is 11.8 Å². The Labute approximate surface area is 129 Å². The van der Waals surface area contributed by atoms with Gasteiger partial charge in [0.15, 0.2) is 11.5 Å². The number of benzene rings is 1. The highest BCUT2D eigenvalue weighted by Crippen LogP contribution is 2.31. The van der Waals surface area contributed by atoms with Gasteiger partial charge in [0.05, 0.1) is 13.2 Å². The Morgan fingerprint density at radius 3 is 2.67 bits per heavy atom. The summed E-state index contributed by atoms with van der Waals surface area (Å²) < 4.78 is 11.6. The van der Waals surface area contributed by atoms with Gasteiger partial charge in [-0.3, -0.25) is 0 Å². The number of nitrogens with one attached hydrogen (secondary N) is 1. The molecule has 3 heteroatoms. The summed E-state index contributed by atoms with van der Waals surface area (Å²) in [5.41, 5.74) is 1.34. The second kappa shape index (κ2) is 8.28. The molecule has 0 saturated carbocycles. The number of fused-ring (bicyclic) bond motifs is 1. The number of aryl methyl sites for hydroxylation is 1. The Balaban J connectivity index is 1.75. The lowest BCUT2D eigenvalue weighted by Gasteiger charge is -2.10. The van der Waals surface area contributed by atoms with Crippen molar-refractivity contribution in [3.63, 3.8) is 0 Å². The van der Waals surface area contributed by atoms with Gasteiger partial charge in [-0.1, -0.05) is 26.8 Å². The molecule has 1 unspecified atom stereocenters. The van der Waals surface area contributed by atoms with Crippen molar-refractivity contribution in [1.82, 2.24) is 5.32 Å². The quantitative estimate of drug-likeness (QED) is 0.778. The van der Waals surface area contributed by atoms with Crippen LogP contribution in [0.4, 0.5) is 0 Å². The third-order valence-electron chi connectivity index (χ3n) is 3.68. The minimum absolute atomic E-state index is 0.452. The zero-order valence-electron chi connectivity index (χ0n) is 13.7. The van der Waals surface area contributed by atoms with Crippen LogP contribution in [0.5, 0.6) is 11.5 Å². The first-order chi connectivity index (χ1) is 10.1. The first-order valence-electron chi connectivity index (χ1n) is 8.24. The molecule has 0 fully saturated rings. The van der Waals surface area contributed by atoms with Crippen LogP contribution in [-0.2, 0) is 6.42 Å². The summed E-state index contributed by atoms with van der Waals surface area (Å²) in [5.74, 6) is 2.98. The molecule has 0 bridgehead atoms. The SMILES string of the molecule is CC(C)CNCCCCc1ccc2c(c1)OCC(C)CO2. The van der Waals surface area contributed by atoms with Gasteiger partial charge >= 0.3 is 0 Å². The molecule has 0 aromatic heterocycles. The Kier molecular flexibility index (Phi) is 6.37. The van der Waals surface area contributed by atoms with E-state index in [2.05, 4.69) is 44.3 Å². The standard InChI is InChI=1S/C18H29NO2/c1-14(2)11-19-9-5-4-6-16-7-8-17-18(10-16)21-13-15(3)12-20-17/h7-8,10,14-15,19H,4-6,9,11-13H2,1-3H3. The molecule has 1 aliphatic heterocycles. The molecule has 0 radical (unpaired) electrons. The van der Waals surface area contributed by atoms with Crippen molar-refractivity contribution < 1.29 is 9.47 Å². The average molecular weight is 291 g/mol. The van der Waals surface area contributed by atoms with Gasteiger partial charge in [0.1, 0.15) is 0 Å². The van der Waals surface area contributed by atoms with E-state index >= 15 is 0 Å². The Hall–Kier alpha value is -1.22. The highest BCUT2D eigenvalue weighted by atomic mass is 16.5. The summed E-state index contributed by atoms with van der Waals surface area (Å²) in [6.07, 6.45) is 3.54. The van der Waals surface area contributed by atoms with E-state index in [9.17, 15) is 0 Å². The highest BCUT2D eigenvalue weighted by molar-refractivity contribution is 5.43. The zero-order chi connectivity index (χ0) is 15.1. The number of unbranched alkanes of at least 4 members (excludes halogenated alkanes) is 1. The van der Waals surface area contributed by atoms with Crippen molar-refractivity contribution in [3.05, 3.63) is 23.8 Å². The Bertz CT molecular complexity index is 431. The van der Waals surface area contributed by atoms with Gasteiger partial charge in [-0.25, -0.2) is 0 Å². The third-order valence-corrected chi connectivity index (χ3v) is 3.68. The van der Waals surface area contributed by atoms with E-state index in [0.717, 1.165) is 50.1 Å². The lowest BCUT2D eigenvalue weighted by Crippen LogP contribution is -2.20. The topological polar surface area (TPSA) is 30.5 Å². The molecule has 21 heavy (non-hydrogen) atoms. The maximum absolute atomic E-state index is 5.84. The molecular weight excluding hydrogens is 262 g/mol. The Morgan fingerprint density at radius 1 is 1.14 bits per heavy atom. The molecule has 0 amide bonds. The van der Waals surface area contributed by atoms with Gasteiger partial charge < -0.3 is 14.8 Å². The molecule has 2 rings (SSSR count). The van der Waals surface area contributed by atoms with E-state index < -0.39 is 0 Å². The van der Waals surface area contributed by atoms with Crippen LogP contribution in [0.25, 0.3) is 0 Å². The fourth-order valence-corrected chi connectivity index (χ4v) is 2.42. The van der Waals surface area contributed by atoms with Crippen molar-refractivity contribution in [2.45, 2.75) is 40.0 Å². The van der Waals surface area contributed by atoms with Gasteiger partial charge in [-0.05, 0) is 56.0 Å². The number of rotatable bonds is 7. The predicted molar refractivity (Wildman–Crippen MR) is 87.2 cm³/mol. The highest BCUT2D eigenvalue weighted by Gasteiger charge is 2.14. The maximum Gasteiger partial charge on any atom is 0.161 e. The van der Waals surface area contributed by atoms with Crippen LogP contribution in [0.3, 0.4) is 0 Å². The normalized spacial score (nSPS) is 17.8. The molecule has 1 heterocycles. The van der Waals surface area contributed by atoms with E-state index in [1.54, 1.807) is 0 Å². The van der Waals surface area contributed by atoms with Crippen LogP contribution in [0.2, 0.25) is 0 Å². The molecule has 1 aromatic carbocycles. The van der Waals surface area contributed by atoms with Gasteiger partial charge in [-0.15, -0.1) is 0 Å². The second-order valence-electron chi connectivity index (χ2n) is 6.56. The Morgan fingerprint density at radius 2 is 1.90 bits per heavy atom. The lowest BCUT2D eigenvalue weighted by molar-refractivity contribution is 0.228. The van der Waals surface area contributed by atoms with Crippen molar-refractivity contribution in [1.29, 1.82) is 0 Å². The first kappa shape index (κ1) is 16.2. The molecule has 1 atom stereocenters. The summed E-state index contributed by atoms with van der Waals surface area (Å²) in [4.78, 5) is 0. The van der Waals surface area contributed by atoms with Crippen LogP contribution in [0, 0.1) is 11.8 Å². The number of ether oxygens (including phenoxy) is 2. The molecule has 0 aliphatic carbocycles. The average Bonchev–Trinajstić information content (AvgIpc) is 2.64. The van der Waals surface area contributed by atoms with Crippen molar-refractivity contribution in [2.75, 3.05) is 26.3 Å².